The van der Waals surface area contributed by atoms with E-state index < -0.39 is 0 Å². The van der Waals surface area contributed by atoms with Crippen molar-refractivity contribution in [1.29, 1.82) is 0 Å². The molecule has 0 atom stereocenters. The molecule has 0 aliphatic rings. The Hall–Kier alpha value is -1.12. The third kappa shape index (κ3) is 3.46. The lowest BCUT2D eigenvalue weighted by Gasteiger charge is -2.09. The lowest BCUT2D eigenvalue weighted by Crippen LogP contribution is -1.87. The van der Waals surface area contributed by atoms with Gasteiger partial charge in [-0.1, -0.05) is 30.3 Å². The van der Waals surface area contributed by atoms with Crippen LogP contribution in [0.25, 0.3) is 5.57 Å². The van der Waals surface area contributed by atoms with Gasteiger partial charge in [-0.3, -0.25) is 0 Å². The molecular formula is C17H18S2. The molecule has 98 valence electrons. The maximum Gasteiger partial charge on any atom is 0.00695 e. The van der Waals surface area contributed by atoms with Gasteiger partial charge in [0.05, 0.1) is 0 Å². The van der Waals surface area contributed by atoms with Crippen molar-refractivity contribution in [2.24, 2.45) is 0 Å². The van der Waals surface area contributed by atoms with Gasteiger partial charge in [0.25, 0.3) is 0 Å². The fourth-order valence-corrected chi connectivity index (χ4v) is 2.86. The highest BCUT2D eigenvalue weighted by Crippen LogP contribution is 2.27. The van der Waals surface area contributed by atoms with E-state index in [0.717, 1.165) is 0 Å². The molecule has 2 aromatic rings. The van der Waals surface area contributed by atoms with Crippen LogP contribution in [0, 0.1) is 0 Å². The fraction of sp³-hybridized carbons (Fsp3) is 0.176. The number of thioether (sulfide) groups is 2. The topological polar surface area (TPSA) is 0 Å². The van der Waals surface area contributed by atoms with E-state index in [2.05, 4.69) is 74.0 Å². The Morgan fingerprint density at radius 3 is 1.37 bits per heavy atom. The van der Waals surface area contributed by atoms with Crippen LogP contribution in [-0.2, 0) is 0 Å². The van der Waals surface area contributed by atoms with Gasteiger partial charge in [0.2, 0.25) is 0 Å². The van der Waals surface area contributed by atoms with Gasteiger partial charge in [-0.2, -0.15) is 0 Å². The monoisotopic (exact) mass is 286 g/mol. The van der Waals surface area contributed by atoms with Gasteiger partial charge in [0, 0.05) is 9.79 Å². The molecule has 19 heavy (non-hydrogen) atoms. The molecule has 0 N–H and O–H groups in total. The van der Waals surface area contributed by atoms with E-state index >= 15 is 0 Å². The van der Waals surface area contributed by atoms with Crippen molar-refractivity contribution in [3.8, 4) is 0 Å². The molecule has 0 radical (unpaired) electrons. The summed E-state index contributed by atoms with van der Waals surface area (Å²) < 4.78 is 0. The summed E-state index contributed by atoms with van der Waals surface area (Å²) in [5, 5.41) is 0. The number of benzene rings is 2. The molecule has 0 saturated heterocycles. The summed E-state index contributed by atoms with van der Waals surface area (Å²) in [5.41, 5.74) is 3.84. The molecule has 0 fully saturated rings. The van der Waals surface area contributed by atoms with Crippen molar-refractivity contribution in [2.75, 3.05) is 12.5 Å². The standard InChI is InChI=1S/C17H18S2/c1-4-17(13-5-9-15(18-2)10-6-13)14-7-11-16(19-3)12-8-14/h4-12H,1-3H3. The largest absolute Gasteiger partial charge is 0.130 e. The van der Waals surface area contributed by atoms with Gasteiger partial charge in [-0.15, -0.1) is 23.5 Å². The minimum atomic E-state index is 1.28. The molecule has 0 aliphatic heterocycles. The molecule has 0 aliphatic carbocycles. The van der Waals surface area contributed by atoms with E-state index in [1.165, 1.54) is 26.5 Å². The number of hydrogen-bond acceptors (Lipinski definition) is 2. The van der Waals surface area contributed by atoms with Crippen LogP contribution in [0.5, 0.6) is 0 Å². The molecule has 2 aromatic carbocycles. The SMILES string of the molecule is CC=C(c1ccc(SC)cc1)c1ccc(SC)cc1. The average molecular weight is 286 g/mol. The fourth-order valence-electron chi connectivity index (χ4n) is 2.04. The molecular weight excluding hydrogens is 268 g/mol. The Bertz CT molecular complexity index is 501. The highest BCUT2D eigenvalue weighted by atomic mass is 32.2. The first kappa shape index (κ1) is 14.3. The molecule has 0 amide bonds. The van der Waals surface area contributed by atoms with Crippen molar-refractivity contribution in [2.45, 2.75) is 16.7 Å². The van der Waals surface area contributed by atoms with Crippen LogP contribution in [0.1, 0.15) is 18.1 Å². The zero-order chi connectivity index (χ0) is 13.7. The zero-order valence-electron chi connectivity index (χ0n) is 11.5. The van der Waals surface area contributed by atoms with Gasteiger partial charge in [-0.05, 0) is 60.4 Å². The minimum Gasteiger partial charge on any atom is -0.130 e. The molecule has 2 heteroatoms. The van der Waals surface area contributed by atoms with E-state index in [1.54, 1.807) is 23.5 Å². The molecule has 0 unspecified atom stereocenters. The van der Waals surface area contributed by atoms with Crippen molar-refractivity contribution >= 4 is 29.1 Å². The average Bonchev–Trinajstić information content (AvgIpc) is 2.49. The van der Waals surface area contributed by atoms with E-state index in [0.29, 0.717) is 0 Å². The Morgan fingerprint density at radius 2 is 1.11 bits per heavy atom. The molecule has 2 rings (SSSR count). The van der Waals surface area contributed by atoms with Crippen LogP contribution in [0.4, 0.5) is 0 Å². The van der Waals surface area contributed by atoms with Crippen LogP contribution in [-0.4, -0.2) is 12.5 Å². The normalized spacial score (nSPS) is 10.3. The predicted octanol–water partition coefficient (Wildman–Crippen LogP) is 5.58. The summed E-state index contributed by atoms with van der Waals surface area (Å²) in [5.74, 6) is 0. The molecule has 0 spiro atoms. The maximum atomic E-state index is 2.20. The van der Waals surface area contributed by atoms with E-state index in [4.69, 9.17) is 0 Å². The summed E-state index contributed by atoms with van der Waals surface area (Å²) in [6.45, 7) is 2.10. The Labute approximate surface area is 124 Å². The van der Waals surface area contributed by atoms with E-state index in [1.807, 2.05) is 0 Å². The first-order valence-corrected chi connectivity index (χ1v) is 8.68. The second kappa shape index (κ2) is 6.88. The highest BCUT2D eigenvalue weighted by molar-refractivity contribution is 7.98. The van der Waals surface area contributed by atoms with Gasteiger partial charge in [0.1, 0.15) is 0 Å². The number of rotatable bonds is 4. The highest BCUT2D eigenvalue weighted by Gasteiger charge is 2.04. The molecule has 0 heterocycles. The number of hydrogen-bond donors (Lipinski definition) is 0. The summed E-state index contributed by atoms with van der Waals surface area (Å²) in [6, 6.07) is 17.5. The summed E-state index contributed by atoms with van der Waals surface area (Å²) >= 11 is 3.55. The van der Waals surface area contributed by atoms with E-state index in [-0.39, 0.29) is 0 Å². The molecule has 0 nitrogen and oxygen atoms in total. The molecule has 0 aromatic heterocycles. The van der Waals surface area contributed by atoms with Crippen molar-refractivity contribution < 1.29 is 0 Å². The van der Waals surface area contributed by atoms with Crippen molar-refractivity contribution in [3.63, 3.8) is 0 Å². The third-order valence-corrected chi connectivity index (χ3v) is 4.58. The van der Waals surface area contributed by atoms with Crippen LogP contribution < -0.4 is 0 Å². The molecule has 0 saturated carbocycles. The third-order valence-electron chi connectivity index (χ3n) is 3.09. The summed E-state index contributed by atoms with van der Waals surface area (Å²) in [6.07, 6.45) is 6.39. The summed E-state index contributed by atoms with van der Waals surface area (Å²) in [4.78, 5) is 2.61. The second-order valence-electron chi connectivity index (χ2n) is 4.16. The smallest absolute Gasteiger partial charge is 0.00695 e. The van der Waals surface area contributed by atoms with Gasteiger partial charge < -0.3 is 0 Å². The first-order valence-electron chi connectivity index (χ1n) is 6.23. The first-order chi connectivity index (χ1) is 9.28. The second-order valence-corrected chi connectivity index (χ2v) is 5.92. The van der Waals surface area contributed by atoms with E-state index in [9.17, 15) is 0 Å². The number of allylic oxidation sites excluding steroid dienone is 1. The van der Waals surface area contributed by atoms with Crippen LogP contribution in [0.2, 0.25) is 0 Å². The van der Waals surface area contributed by atoms with Crippen molar-refractivity contribution in [3.05, 3.63) is 65.7 Å². The maximum absolute atomic E-state index is 2.20. The Morgan fingerprint density at radius 1 is 0.737 bits per heavy atom. The quantitative estimate of drug-likeness (QED) is 0.673. The minimum absolute atomic E-state index is 1.28. The van der Waals surface area contributed by atoms with Gasteiger partial charge in [-0.25, -0.2) is 0 Å². The summed E-state index contributed by atoms with van der Waals surface area (Å²) in [7, 11) is 0. The Kier molecular flexibility index (Phi) is 5.17. The van der Waals surface area contributed by atoms with Gasteiger partial charge in [0.15, 0.2) is 0 Å². The van der Waals surface area contributed by atoms with Crippen molar-refractivity contribution in [1.82, 2.24) is 0 Å². The lowest BCUT2D eigenvalue weighted by molar-refractivity contribution is 1.40. The van der Waals surface area contributed by atoms with Crippen LogP contribution in [0.3, 0.4) is 0 Å². The van der Waals surface area contributed by atoms with Gasteiger partial charge >= 0.3 is 0 Å². The Balaban J connectivity index is 2.32. The van der Waals surface area contributed by atoms with Crippen LogP contribution in [0.15, 0.2) is 64.4 Å². The lowest BCUT2D eigenvalue weighted by atomic mass is 9.98. The van der Waals surface area contributed by atoms with Crippen LogP contribution >= 0.6 is 23.5 Å². The zero-order valence-corrected chi connectivity index (χ0v) is 13.1. The molecule has 0 bridgehead atoms. The predicted molar refractivity (Wildman–Crippen MR) is 89.2 cm³/mol.